The SMILES string of the molecule is C=C1CC(O)C2C(=C)C(=O)OC2C2C1CC(OC1OC(CO)C(O)C(OC(=O)Cc3ccc(O)cc3)C1O)C2C. The summed E-state index contributed by atoms with van der Waals surface area (Å²) in [6.45, 7) is 9.34. The predicted octanol–water partition coefficient (Wildman–Crippen LogP) is 0.361. The van der Waals surface area contributed by atoms with Crippen LogP contribution in [0.1, 0.15) is 25.3 Å². The number of phenols is 1. The van der Waals surface area contributed by atoms with Crippen LogP contribution in [0.2, 0.25) is 0 Å². The van der Waals surface area contributed by atoms with E-state index in [-0.39, 0.29) is 41.9 Å². The molecule has 12 atom stereocenters. The number of rotatable bonds is 6. The molecule has 4 aliphatic rings. The Balaban J connectivity index is 1.31. The van der Waals surface area contributed by atoms with Gasteiger partial charge < -0.3 is 44.5 Å². The summed E-state index contributed by atoms with van der Waals surface area (Å²) in [4.78, 5) is 25.0. The van der Waals surface area contributed by atoms with E-state index in [1.807, 2.05) is 6.92 Å². The summed E-state index contributed by atoms with van der Waals surface area (Å²) in [5.74, 6) is -2.34. The van der Waals surface area contributed by atoms with Gasteiger partial charge in [-0.05, 0) is 42.4 Å². The lowest BCUT2D eigenvalue weighted by atomic mass is 9.79. The van der Waals surface area contributed by atoms with Gasteiger partial charge in [0.15, 0.2) is 12.4 Å². The van der Waals surface area contributed by atoms with Gasteiger partial charge >= 0.3 is 11.9 Å². The van der Waals surface area contributed by atoms with Crippen molar-refractivity contribution in [3.05, 3.63) is 54.1 Å². The summed E-state index contributed by atoms with van der Waals surface area (Å²) >= 11 is 0. The fraction of sp³-hybridized carbons (Fsp3) is 0.586. The van der Waals surface area contributed by atoms with Crippen LogP contribution in [0.25, 0.3) is 0 Å². The Bertz CT molecular complexity index is 1150. The largest absolute Gasteiger partial charge is 0.508 e. The van der Waals surface area contributed by atoms with Gasteiger partial charge in [0.25, 0.3) is 0 Å². The van der Waals surface area contributed by atoms with Crippen molar-refractivity contribution in [1.29, 1.82) is 0 Å². The van der Waals surface area contributed by atoms with Crippen LogP contribution in [0.4, 0.5) is 0 Å². The highest BCUT2D eigenvalue weighted by molar-refractivity contribution is 5.91. The van der Waals surface area contributed by atoms with Gasteiger partial charge in [0.2, 0.25) is 0 Å². The Labute approximate surface area is 231 Å². The lowest BCUT2D eigenvalue weighted by molar-refractivity contribution is -0.315. The smallest absolute Gasteiger partial charge is 0.334 e. The highest BCUT2D eigenvalue weighted by atomic mass is 16.7. The van der Waals surface area contributed by atoms with E-state index in [0.29, 0.717) is 12.0 Å². The van der Waals surface area contributed by atoms with E-state index < -0.39 is 73.5 Å². The fourth-order valence-corrected chi connectivity index (χ4v) is 6.76. The number of hydrogen-bond acceptors (Lipinski definition) is 11. The Morgan fingerprint density at radius 3 is 2.50 bits per heavy atom. The molecule has 2 aliphatic heterocycles. The van der Waals surface area contributed by atoms with E-state index in [1.165, 1.54) is 12.1 Å². The van der Waals surface area contributed by atoms with E-state index >= 15 is 0 Å². The minimum Gasteiger partial charge on any atom is -0.508 e. The number of carbonyl (C=O) groups is 2. The number of fused-ring (bicyclic) bond motifs is 3. The molecule has 2 aliphatic carbocycles. The van der Waals surface area contributed by atoms with Gasteiger partial charge in [-0.25, -0.2) is 4.79 Å². The Morgan fingerprint density at radius 1 is 1.12 bits per heavy atom. The molecule has 40 heavy (non-hydrogen) atoms. The van der Waals surface area contributed by atoms with Gasteiger partial charge in [-0.15, -0.1) is 0 Å². The number of carbonyl (C=O) groups excluding carboxylic acids is 2. The van der Waals surface area contributed by atoms with E-state index in [0.717, 1.165) is 5.57 Å². The van der Waals surface area contributed by atoms with Crippen molar-refractivity contribution in [3.8, 4) is 5.75 Å². The maximum absolute atomic E-state index is 12.6. The van der Waals surface area contributed by atoms with Crippen LogP contribution in [0.5, 0.6) is 5.75 Å². The third kappa shape index (κ3) is 5.17. The molecule has 4 fully saturated rings. The molecule has 12 unspecified atom stereocenters. The van der Waals surface area contributed by atoms with Crippen molar-refractivity contribution in [1.82, 2.24) is 0 Å². The van der Waals surface area contributed by atoms with Crippen LogP contribution in [0, 0.1) is 23.7 Å². The van der Waals surface area contributed by atoms with Crippen LogP contribution in [0.3, 0.4) is 0 Å². The second-order valence-corrected chi connectivity index (χ2v) is 11.3. The molecule has 0 aromatic heterocycles. The molecule has 1 aromatic carbocycles. The highest BCUT2D eigenvalue weighted by Gasteiger charge is 2.58. The minimum absolute atomic E-state index is 0.0427. The van der Waals surface area contributed by atoms with Gasteiger partial charge in [0.1, 0.15) is 30.2 Å². The number of aliphatic hydroxyl groups excluding tert-OH is 4. The number of ether oxygens (including phenoxy) is 4. The number of aromatic hydroxyl groups is 1. The molecule has 2 saturated carbocycles. The zero-order chi connectivity index (χ0) is 28.9. The summed E-state index contributed by atoms with van der Waals surface area (Å²) in [5, 5.41) is 51.8. The van der Waals surface area contributed by atoms with Crippen LogP contribution < -0.4 is 0 Å². The monoisotopic (exact) mass is 560 g/mol. The molecule has 2 heterocycles. The second-order valence-electron chi connectivity index (χ2n) is 11.3. The molecule has 218 valence electrons. The normalized spacial score (nSPS) is 41.2. The summed E-state index contributed by atoms with van der Waals surface area (Å²) in [6, 6.07) is 5.95. The topological polar surface area (TPSA) is 172 Å². The molecule has 11 nitrogen and oxygen atoms in total. The van der Waals surface area contributed by atoms with Gasteiger partial charge in [-0.1, -0.05) is 37.8 Å². The maximum Gasteiger partial charge on any atom is 0.334 e. The predicted molar refractivity (Wildman–Crippen MR) is 137 cm³/mol. The molecule has 2 saturated heterocycles. The molecule has 0 amide bonds. The van der Waals surface area contributed by atoms with Crippen molar-refractivity contribution in [2.75, 3.05) is 6.61 Å². The first-order valence-electron chi connectivity index (χ1n) is 13.5. The van der Waals surface area contributed by atoms with Crippen LogP contribution >= 0.6 is 0 Å². The average Bonchev–Trinajstić information content (AvgIpc) is 3.36. The third-order valence-electron chi connectivity index (χ3n) is 8.88. The molecular weight excluding hydrogens is 524 g/mol. The lowest BCUT2D eigenvalue weighted by Crippen LogP contribution is -2.61. The number of phenolic OH excluding ortho intramolecular Hbond substituents is 1. The average molecular weight is 561 g/mol. The van der Waals surface area contributed by atoms with Crippen molar-refractivity contribution < 1.29 is 54.1 Å². The standard InChI is InChI=1S/C29H36O11/c1-12-8-18(32)23-14(3)28(36)40-26(23)22-13(2)19(10-17(12)22)37-29-25(35)27(24(34)20(11-30)38-29)39-21(33)9-15-4-6-16(31)7-5-15/h4-7,13,17-20,22-27,29-32,34-35H,1,3,8-11H2,2H3. The molecule has 0 radical (unpaired) electrons. The van der Waals surface area contributed by atoms with E-state index in [4.69, 9.17) is 18.9 Å². The Morgan fingerprint density at radius 2 is 1.82 bits per heavy atom. The molecule has 1 aromatic rings. The number of benzene rings is 1. The lowest BCUT2D eigenvalue weighted by Gasteiger charge is -2.42. The van der Waals surface area contributed by atoms with Crippen molar-refractivity contribution in [2.24, 2.45) is 23.7 Å². The first kappa shape index (κ1) is 28.7. The summed E-state index contributed by atoms with van der Waals surface area (Å²) in [7, 11) is 0. The first-order chi connectivity index (χ1) is 19.0. The third-order valence-corrected chi connectivity index (χ3v) is 8.88. The van der Waals surface area contributed by atoms with Crippen molar-refractivity contribution in [3.63, 3.8) is 0 Å². The molecule has 0 spiro atoms. The highest BCUT2D eigenvalue weighted by Crippen LogP contribution is 2.53. The Kier molecular flexibility index (Phi) is 8.06. The fourth-order valence-electron chi connectivity index (χ4n) is 6.76. The number of esters is 2. The number of hydrogen-bond donors (Lipinski definition) is 5. The quantitative estimate of drug-likeness (QED) is 0.185. The zero-order valence-electron chi connectivity index (χ0n) is 22.2. The van der Waals surface area contributed by atoms with E-state index in [9.17, 15) is 35.1 Å². The van der Waals surface area contributed by atoms with Crippen molar-refractivity contribution >= 4 is 11.9 Å². The molecule has 0 bridgehead atoms. The van der Waals surface area contributed by atoms with E-state index in [1.54, 1.807) is 12.1 Å². The van der Waals surface area contributed by atoms with Crippen molar-refractivity contribution in [2.45, 2.75) is 75.2 Å². The van der Waals surface area contributed by atoms with Gasteiger partial charge in [0, 0.05) is 11.5 Å². The number of aliphatic hydroxyl groups is 4. The Hall–Kier alpha value is -2.80. The summed E-state index contributed by atoms with van der Waals surface area (Å²) in [6.07, 6.45) is -8.39. The first-order valence-corrected chi connectivity index (χ1v) is 13.5. The minimum atomic E-state index is -1.57. The summed E-state index contributed by atoms with van der Waals surface area (Å²) < 4.78 is 23.0. The molecule has 5 rings (SSSR count). The maximum atomic E-state index is 12.6. The van der Waals surface area contributed by atoms with Crippen LogP contribution in [-0.2, 0) is 35.0 Å². The molecule has 11 heteroatoms. The van der Waals surface area contributed by atoms with E-state index in [2.05, 4.69) is 13.2 Å². The zero-order valence-corrected chi connectivity index (χ0v) is 22.2. The van der Waals surface area contributed by atoms with Gasteiger partial charge in [0.05, 0.1) is 31.2 Å². The second kappa shape index (κ2) is 11.2. The molecular formula is C29H36O11. The van der Waals surface area contributed by atoms with Crippen LogP contribution in [0.15, 0.2) is 48.6 Å². The summed E-state index contributed by atoms with van der Waals surface area (Å²) in [5.41, 5.74) is 1.61. The van der Waals surface area contributed by atoms with Crippen LogP contribution in [-0.4, -0.2) is 93.1 Å². The van der Waals surface area contributed by atoms with Gasteiger partial charge in [-0.2, -0.15) is 0 Å². The van der Waals surface area contributed by atoms with Gasteiger partial charge in [-0.3, -0.25) is 4.79 Å². The molecule has 5 N–H and O–H groups in total.